The lowest BCUT2D eigenvalue weighted by Gasteiger charge is -2.30. The maximum absolute atomic E-state index is 12.0. The van der Waals surface area contributed by atoms with E-state index >= 15 is 0 Å². The number of hydrogen-bond donors (Lipinski definition) is 2. The highest BCUT2D eigenvalue weighted by Crippen LogP contribution is 2.29. The van der Waals surface area contributed by atoms with E-state index in [1.54, 1.807) is 0 Å². The third kappa shape index (κ3) is 5.16. The van der Waals surface area contributed by atoms with Gasteiger partial charge in [-0.05, 0) is 43.6 Å². The van der Waals surface area contributed by atoms with Crippen LogP contribution in [0.1, 0.15) is 43.2 Å². The third-order valence-corrected chi connectivity index (χ3v) is 4.59. The van der Waals surface area contributed by atoms with Gasteiger partial charge in [-0.1, -0.05) is 42.7 Å². The molecule has 2 rings (SSSR count). The van der Waals surface area contributed by atoms with Gasteiger partial charge in [0.05, 0.1) is 0 Å². The third-order valence-electron chi connectivity index (χ3n) is 4.59. The number of aliphatic hydroxyl groups is 1. The van der Waals surface area contributed by atoms with E-state index in [0.717, 1.165) is 25.8 Å². The van der Waals surface area contributed by atoms with Crippen molar-refractivity contribution >= 4 is 5.91 Å². The van der Waals surface area contributed by atoms with Gasteiger partial charge < -0.3 is 10.4 Å². The minimum atomic E-state index is 0.124. The lowest BCUT2D eigenvalue weighted by Crippen LogP contribution is -2.35. The second-order valence-electron chi connectivity index (χ2n) is 6.28. The van der Waals surface area contributed by atoms with E-state index in [4.69, 9.17) is 0 Å². The van der Waals surface area contributed by atoms with Gasteiger partial charge in [-0.15, -0.1) is 0 Å². The summed E-state index contributed by atoms with van der Waals surface area (Å²) < 4.78 is 0. The highest BCUT2D eigenvalue weighted by Gasteiger charge is 2.24. The van der Waals surface area contributed by atoms with Gasteiger partial charge in [0.1, 0.15) is 0 Å². The largest absolute Gasteiger partial charge is 0.396 e. The number of benzene rings is 1. The monoisotopic (exact) mass is 289 g/mol. The molecule has 0 aromatic heterocycles. The molecule has 0 aliphatic heterocycles. The second kappa shape index (κ2) is 8.18. The Bertz CT molecular complexity index is 458. The molecule has 1 aliphatic carbocycles. The number of carbonyl (C=O) groups excluding carboxylic acids is 1. The Morgan fingerprint density at radius 2 is 2.05 bits per heavy atom. The van der Waals surface area contributed by atoms with Crippen LogP contribution in [-0.2, 0) is 11.2 Å². The van der Waals surface area contributed by atoms with Crippen LogP contribution in [0.2, 0.25) is 0 Å². The maximum Gasteiger partial charge on any atom is 0.220 e. The normalized spacial score (nSPS) is 22.0. The van der Waals surface area contributed by atoms with Crippen LogP contribution in [0, 0.1) is 18.8 Å². The average Bonchev–Trinajstić information content (AvgIpc) is 2.51. The van der Waals surface area contributed by atoms with E-state index in [2.05, 4.69) is 30.4 Å². The van der Waals surface area contributed by atoms with Gasteiger partial charge >= 0.3 is 0 Å². The number of aryl methyl sites for hydroxylation is 2. The molecule has 1 aromatic carbocycles. The van der Waals surface area contributed by atoms with Crippen molar-refractivity contribution in [3.8, 4) is 0 Å². The summed E-state index contributed by atoms with van der Waals surface area (Å²) in [6.07, 6.45) is 5.99. The summed E-state index contributed by atoms with van der Waals surface area (Å²) in [4.78, 5) is 12.0. The fourth-order valence-electron chi connectivity index (χ4n) is 3.25. The van der Waals surface area contributed by atoms with Gasteiger partial charge in [-0.25, -0.2) is 0 Å². The zero-order valence-corrected chi connectivity index (χ0v) is 13.0. The molecule has 2 N–H and O–H groups in total. The van der Waals surface area contributed by atoms with Gasteiger partial charge in [0, 0.05) is 19.6 Å². The summed E-state index contributed by atoms with van der Waals surface area (Å²) in [6.45, 7) is 3.05. The molecule has 0 spiro atoms. The van der Waals surface area contributed by atoms with Gasteiger partial charge in [-0.3, -0.25) is 4.79 Å². The Kier molecular flexibility index (Phi) is 6.24. The molecule has 3 nitrogen and oxygen atoms in total. The Hall–Kier alpha value is -1.35. The first-order valence-electron chi connectivity index (χ1n) is 8.12. The molecular weight excluding hydrogens is 262 g/mol. The van der Waals surface area contributed by atoms with E-state index in [1.807, 2.05) is 6.07 Å². The molecule has 21 heavy (non-hydrogen) atoms. The first-order chi connectivity index (χ1) is 10.2. The highest BCUT2D eigenvalue weighted by atomic mass is 16.3. The zero-order valence-electron chi connectivity index (χ0n) is 13.0. The Balaban J connectivity index is 1.72. The summed E-state index contributed by atoms with van der Waals surface area (Å²) in [5, 5.41) is 12.4. The number of amides is 1. The van der Waals surface area contributed by atoms with Gasteiger partial charge in [0.15, 0.2) is 0 Å². The Labute approximate surface area is 127 Å². The van der Waals surface area contributed by atoms with Crippen LogP contribution >= 0.6 is 0 Å². The number of aliphatic hydroxyl groups excluding tert-OH is 1. The molecule has 0 heterocycles. The quantitative estimate of drug-likeness (QED) is 0.846. The van der Waals surface area contributed by atoms with Crippen LogP contribution in [0.3, 0.4) is 0 Å². The Morgan fingerprint density at radius 3 is 2.76 bits per heavy atom. The number of nitrogens with one attached hydrogen (secondary N) is 1. The van der Waals surface area contributed by atoms with Crippen LogP contribution in [-0.4, -0.2) is 24.2 Å². The van der Waals surface area contributed by atoms with E-state index in [9.17, 15) is 9.90 Å². The summed E-state index contributed by atoms with van der Waals surface area (Å²) in [7, 11) is 0. The molecule has 3 heteroatoms. The molecule has 1 saturated carbocycles. The summed E-state index contributed by atoms with van der Waals surface area (Å²) in [5.74, 6) is 0.946. The molecule has 0 bridgehead atoms. The smallest absolute Gasteiger partial charge is 0.220 e. The van der Waals surface area contributed by atoms with Gasteiger partial charge in [0.25, 0.3) is 0 Å². The fourth-order valence-corrected chi connectivity index (χ4v) is 3.25. The Morgan fingerprint density at radius 1 is 1.29 bits per heavy atom. The van der Waals surface area contributed by atoms with Crippen LogP contribution in [0.4, 0.5) is 0 Å². The SMILES string of the molecule is Cc1cccc(CCC(=O)NCC2CCCCC2CO)c1. The average molecular weight is 289 g/mol. The topological polar surface area (TPSA) is 49.3 Å². The van der Waals surface area contributed by atoms with Crippen molar-refractivity contribution in [2.24, 2.45) is 11.8 Å². The lowest BCUT2D eigenvalue weighted by atomic mass is 9.79. The highest BCUT2D eigenvalue weighted by molar-refractivity contribution is 5.76. The van der Waals surface area contributed by atoms with Crippen molar-refractivity contribution in [2.45, 2.75) is 45.4 Å². The molecule has 0 saturated heterocycles. The molecule has 2 atom stereocenters. The standard InChI is InChI=1S/C18H27NO2/c1-14-5-4-6-15(11-14)9-10-18(21)19-12-16-7-2-3-8-17(16)13-20/h4-6,11,16-17,20H,2-3,7-10,12-13H2,1H3,(H,19,21). The fraction of sp³-hybridized carbons (Fsp3) is 0.611. The summed E-state index contributed by atoms with van der Waals surface area (Å²) in [6, 6.07) is 8.32. The first kappa shape index (κ1) is 16.0. The van der Waals surface area contributed by atoms with Crippen molar-refractivity contribution in [3.63, 3.8) is 0 Å². The van der Waals surface area contributed by atoms with Crippen molar-refractivity contribution in [1.29, 1.82) is 0 Å². The molecular formula is C18H27NO2. The van der Waals surface area contributed by atoms with Crippen molar-refractivity contribution in [1.82, 2.24) is 5.32 Å². The molecule has 1 fully saturated rings. The minimum Gasteiger partial charge on any atom is -0.396 e. The van der Waals surface area contributed by atoms with Crippen molar-refractivity contribution < 1.29 is 9.90 Å². The molecule has 1 aliphatic rings. The molecule has 116 valence electrons. The number of rotatable bonds is 6. The van der Waals surface area contributed by atoms with Crippen LogP contribution in [0.15, 0.2) is 24.3 Å². The van der Waals surface area contributed by atoms with Gasteiger partial charge in [0.2, 0.25) is 5.91 Å². The molecule has 2 unspecified atom stereocenters. The first-order valence-corrected chi connectivity index (χ1v) is 8.12. The zero-order chi connectivity index (χ0) is 15.1. The minimum absolute atomic E-state index is 0.124. The lowest BCUT2D eigenvalue weighted by molar-refractivity contribution is -0.121. The predicted molar refractivity (Wildman–Crippen MR) is 85.0 cm³/mol. The van der Waals surface area contributed by atoms with E-state index in [0.29, 0.717) is 18.3 Å². The van der Waals surface area contributed by atoms with Gasteiger partial charge in [-0.2, -0.15) is 0 Å². The van der Waals surface area contributed by atoms with Crippen LogP contribution < -0.4 is 5.32 Å². The van der Waals surface area contributed by atoms with E-state index in [1.165, 1.54) is 24.0 Å². The molecule has 1 aromatic rings. The maximum atomic E-state index is 12.0. The summed E-state index contributed by atoms with van der Waals surface area (Å²) in [5.41, 5.74) is 2.46. The summed E-state index contributed by atoms with van der Waals surface area (Å²) >= 11 is 0. The van der Waals surface area contributed by atoms with Crippen molar-refractivity contribution in [2.75, 3.05) is 13.2 Å². The number of carbonyl (C=O) groups is 1. The van der Waals surface area contributed by atoms with E-state index in [-0.39, 0.29) is 12.5 Å². The molecule has 0 radical (unpaired) electrons. The van der Waals surface area contributed by atoms with E-state index < -0.39 is 0 Å². The molecule has 1 amide bonds. The van der Waals surface area contributed by atoms with Crippen LogP contribution in [0.25, 0.3) is 0 Å². The predicted octanol–water partition coefficient (Wildman–Crippen LogP) is 2.84. The number of hydrogen-bond acceptors (Lipinski definition) is 2. The second-order valence-corrected chi connectivity index (χ2v) is 6.28. The van der Waals surface area contributed by atoms with Crippen molar-refractivity contribution in [3.05, 3.63) is 35.4 Å². The van der Waals surface area contributed by atoms with Crippen LogP contribution in [0.5, 0.6) is 0 Å².